The van der Waals surface area contributed by atoms with Crippen molar-refractivity contribution in [2.75, 3.05) is 7.05 Å². The van der Waals surface area contributed by atoms with E-state index < -0.39 is 0 Å². The predicted octanol–water partition coefficient (Wildman–Crippen LogP) is 3.17. The number of fused-ring (bicyclic) bond motifs is 1. The Balaban J connectivity index is 1.79. The normalized spacial score (nSPS) is 11.6. The van der Waals surface area contributed by atoms with Gasteiger partial charge in [0, 0.05) is 24.0 Å². The third-order valence-corrected chi connectivity index (χ3v) is 5.79. The zero-order valence-corrected chi connectivity index (χ0v) is 15.5. The molecule has 3 rings (SSSR count). The van der Waals surface area contributed by atoms with Crippen molar-refractivity contribution in [2.45, 2.75) is 26.4 Å². The molecule has 0 fully saturated rings. The van der Waals surface area contributed by atoms with Crippen LogP contribution in [-0.4, -0.2) is 26.5 Å². The van der Waals surface area contributed by atoms with E-state index in [1.807, 2.05) is 20.0 Å². The van der Waals surface area contributed by atoms with Crippen LogP contribution in [0.3, 0.4) is 0 Å². The second kappa shape index (κ2) is 6.57. The average molecular weight is 399 g/mol. The van der Waals surface area contributed by atoms with E-state index >= 15 is 0 Å². The Morgan fingerprint density at radius 3 is 2.82 bits per heavy atom. The van der Waals surface area contributed by atoms with Crippen LogP contribution in [0.15, 0.2) is 26.8 Å². The number of aromatic nitrogens is 3. The monoisotopic (exact) mass is 398 g/mol. The van der Waals surface area contributed by atoms with Gasteiger partial charge in [0.15, 0.2) is 0 Å². The first-order valence-electron chi connectivity index (χ1n) is 6.86. The molecule has 3 aromatic rings. The number of halogens is 1. The van der Waals surface area contributed by atoms with Crippen LogP contribution in [0.5, 0.6) is 0 Å². The second-order valence-electron chi connectivity index (χ2n) is 5.01. The first-order chi connectivity index (χ1) is 10.5. The van der Waals surface area contributed by atoms with E-state index in [2.05, 4.69) is 37.0 Å². The molecule has 0 spiro atoms. The van der Waals surface area contributed by atoms with Crippen molar-refractivity contribution in [3.63, 3.8) is 0 Å². The van der Waals surface area contributed by atoms with Crippen LogP contribution in [0.4, 0.5) is 0 Å². The fourth-order valence-corrected chi connectivity index (χ4v) is 4.58. The number of rotatable bonds is 5. The highest BCUT2D eigenvalue weighted by molar-refractivity contribution is 9.11. The Kier molecular flexibility index (Phi) is 4.72. The molecule has 3 aromatic heterocycles. The second-order valence-corrected chi connectivity index (χ2v) is 8.60. The van der Waals surface area contributed by atoms with E-state index in [-0.39, 0.29) is 5.56 Å². The largest absolute Gasteiger partial charge is 0.295 e. The van der Waals surface area contributed by atoms with Gasteiger partial charge in [0.05, 0.1) is 9.48 Å². The molecular weight excluding hydrogens is 384 g/mol. The number of hydrogen-bond acceptors (Lipinski definition) is 6. The molecule has 5 nitrogen and oxygen atoms in total. The lowest BCUT2D eigenvalue weighted by Gasteiger charge is -2.14. The Morgan fingerprint density at radius 1 is 1.32 bits per heavy atom. The Bertz CT molecular complexity index is 854. The van der Waals surface area contributed by atoms with Crippen molar-refractivity contribution in [1.29, 1.82) is 0 Å². The lowest BCUT2D eigenvalue weighted by atomic mass is 10.3. The molecule has 22 heavy (non-hydrogen) atoms. The van der Waals surface area contributed by atoms with Crippen LogP contribution in [0.25, 0.3) is 4.96 Å². The maximum Gasteiger partial charge on any atom is 0.275 e. The molecule has 0 unspecified atom stereocenters. The molecule has 3 heterocycles. The molecule has 0 bridgehead atoms. The van der Waals surface area contributed by atoms with Crippen molar-refractivity contribution < 1.29 is 0 Å². The van der Waals surface area contributed by atoms with Crippen LogP contribution < -0.4 is 5.56 Å². The van der Waals surface area contributed by atoms with Gasteiger partial charge < -0.3 is 0 Å². The fourth-order valence-electron chi connectivity index (χ4n) is 2.15. The summed E-state index contributed by atoms with van der Waals surface area (Å²) >= 11 is 6.67. The number of thiophene rings is 1. The van der Waals surface area contributed by atoms with Crippen molar-refractivity contribution >= 4 is 43.6 Å². The Labute approximate surface area is 144 Å². The standard InChI is InChI=1S/C14H15BrN4OS2/c1-3-12-17-19-13(20)6-9(16-14(19)22-12)7-18(2)8-10-4-5-11(15)21-10/h4-6H,3,7-8H2,1-2H3. The van der Waals surface area contributed by atoms with Gasteiger partial charge in [0.1, 0.15) is 5.01 Å². The number of aryl methyl sites for hydroxylation is 1. The van der Waals surface area contributed by atoms with E-state index in [0.29, 0.717) is 11.5 Å². The summed E-state index contributed by atoms with van der Waals surface area (Å²) in [5.41, 5.74) is 0.678. The minimum absolute atomic E-state index is 0.108. The Hall–Kier alpha value is -1.09. The van der Waals surface area contributed by atoms with Crippen molar-refractivity contribution in [2.24, 2.45) is 0 Å². The quantitative estimate of drug-likeness (QED) is 0.662. The first kappa shape index (κ1) is 15.8. The van der Waals surface area contributed by atoms with E-state index in [9.17, 15) is 4.79 Å². The third kappa shape index (κ3) is 3.45. The summed E-state index contributed by atoms with van der Waals surface area (Å²) < 4.78 is 2.52. The molecule has 0 amide bonds. The number of hydrogen-bond donors (Lipinski definition) is 0. The summed E-state index contributed by atoms with van der Waals surface area (Å²) in [5, 5.41) is 5.19. The molecule has 0 saturated carbocycles. The molecular formula is C14H15BrN4OS2. The minimum Gasteiger partial charge on any atom is -0.295 e. The molecule has 0 saturated heterocycles. The summed E-state index contributed by atoms with van der Waals surface area (Å²) in [6.45, 7) is 3.50. The van der Waals surface area contributed by atoms with Crippen molar-refractivity contribution in [1.82, 2.24) is 19.5 Å². The predicted molar refractivity (Wildman–Crippen MR) is 93.7 cm³/mol. The van der Waals surface area contributed by atoms with Crippen LogP contribution in [0, 0.1) is 0 Å². The maximum atomic E-state index is 12.1. The maximum absolute atomic E-state index is 12.1. The zero-order chi connectivity index (χ0) is 15.7. The lowest BCUT2D eigenvalue weighted by Crippen LogP contribution is -2.21. The summed E-state index contributed by atoms with van der Waals surface area (Å²) in [6.07, 6.45) is 0.815. The summed E-state index contributed by atoms with van der Waals surface area (Å²) in [4.78, 5) is 20.8. The van der Waals surface area contributed by atoms with Gasteiger partial charge in [-0.25, -0.2) is 4.98 Å². The summed E-state index contributed by atoms with van der Waals surface area (Å²) in [7, 11) is 2.03. The highest BCUT2D eigenvalue weighted by Crippen LogP contribution is 2.23. The Morgan fingerprint density at radius 2 is 2.14 bits per heavy atom. The average Bonchev–Trinajstić information content (AvgIpc) is 3.05. The zero-order valence-electron chi connectivity index (χ0n) is 12.2. The molecule has 0 aliphatic heterocycles. The minimum atomic E-state index is -0.108. The molecule has 8 heteroatoms. The third-order valence-electron chi connectivity index (χ3n) is 3.13. The highest BCUT2D eigenvalue weighted by atomic mass is 79.9. The van der Waals surface area contributed by atoms with Crippen LogP contribution in [0.1, 0.15) is 22.5 Å². The van der Waals surface area contributed by atoms with E-state index in [4.69, 9.17) is 0 Å². The van der Waals surface area contributed by atoms with Gasteiger partial charge in [-0.05, 0) is 41.5 Å². The molecule has 0 atom stereocenters. The van der Waals surface area contributed by atoms with Gasteiger partial charge in [-0.3, -0.25) is 9.69 Å². The molecule has 0 aromatic carbocycles. The summed E-state index contributed by atoms with van der Waals surface area (Å²) in [5.74, 6) is 0. The van der Waals surface area contributed by atoms with Crippen LogP contribution in [0.2, 0.25) is 0 Å². The van der Waals surface area contributed by atoms with E-state index in [1.165, 1.54) is 20.7 Å². The van der Waals surface area contributed by atoms with Crippen LogP contribution in [-0.2, 0) is 19.5 Å². The molecule has 0 aliphatic carbocycles. The molecule has 0 aliphatic rings. The number of nitrogens with zero attached hydrogens (tertiary/aromatic N) is 4. The van der Waals surface area contributed by atoms with E-state index in [0.717, 1.165) is 27.5 Å². The van der Waals surface area contributed by atoms with Gasteiger partial charge in [0.2, 0.25) is 4.96 Å². The fraction of sp³-hybridized carbons (Fsp3) is 0.357. The van der Waals surface area contributed by atoms with Crippen molar-refractivity contribution in [3.05, 3.63) is 47.9 Å². The first-order valence-corrected chi connectivity index (χ1v) is 9.29. The molecule has 116 valence electrons. The van der Waals surface area contributed by atoms with Crippen molar-refractivity contribution in [3.8, 4) is 0 Å². The van der Waals surface area contributed by atoms with Gasteiger partial charge in [-0.2, -0.15) is 9.61 Å². The molecule has 0 radical (unpaired) electrons. The topological polar surface area (TPSA) is 50.5 Å². The van der Waals surface area contributed by atoms with E-state index in [1.54, 1.807) is 17.4 Å². The lowest BCUT2D eigenvalue weighted by molar-refractivity contribution is 0.318. The van der Waals surface area contributed by atoms with Crippen LogP contribution >= 0.6 is 38.6 Å². The highest BCUT2D eigenvalue weighted by Gasteiger charge is 2.10. The summed E-state index contributed by atoms with van der Waals surface area (Å²) in [6, 6.07) is 5.73. The van der Waals surface area contributed by atoms with Gasteiger partial charge in [-0.1, -0.05) is 18.3 Å². The van der Waals surface area contributed by atoms with Gasteiger partial charge in [-0.15, -0.1) is 11.3 Å². The smallest absolute Gasteiger partial charge is 0.275 e. The SMILES string of the molecule is CCc1nn2c(=O)cc(CN(C)Cc3ccc(Br)s3)nc2s1. The molecule has 0 N–H and O–H groups in total. The van der Waals surface area contributed by atoms with Gasteiger partial charge in [0.25, 0.3) is 5.56 Å². The van der Waals surface area contributed by atoms with Gasteiger partial charge >= 0.3 is 0 Å².